The van der Waals surface area contributed by atoms with Crippen molar-refractivity contribution in [2.75, 3.05) is 5.32 Å². The lowest BCUT2D eigenvalue weighted by atomic mass is 9.94. The normalized spacial score (nSPS) is 11.4. The van der Waals surface area contributed by atoms with E-state index in [4.69, 9.17) is 4.42 Å². The summed E-state index contributed by atoms with van der Waals surface area (Å²) in [7, 11) is 0. The molecule has 0 saturated heterocycles. The Kier molecular flexibility index (Phi) is 3.98. The van der Waals surface area contributed by atoms with Crippen molar-refractivity contribution >= 4 is 11.3 Å². The number of anilines is 1. The Morgan fingerprint density at radius 2 is 2.10 bits per heavy atom. The molecule has 1 N–H and O–H groups in total. The molecule has 3 heteroatoms. The molecule has 0 fully saturated rings. The third-order valence-electron chi connectivity index (χ3n) is 3.09. The summed E-state index contributed by atoms with van der Waals surface area (Å²) in [4.78, 5) is 4.31. The van der Waals surface area contributed by atoms with Gasteiger partial charge < -0.3 is 9.73 Å². The van der Waals surface area contributed by atoms with E-state index in [-0.39, 0.29) is 5.41 Å². The predicted molar refractivity (Wildman–Crippen MR) is 83.7 cm³/mol. The van der Waals surface area contributed by atoms with Crippen molar-refractivity contribution in [1.82, 2.24) is 4.98 Å². The summed E-state index contributed by atoms with van der Waals surface area (Å²) in [6.07, 6.45) is 1.81. The van der Waals surface area contributed by atoms with Crippen molar-refractivity contribution in [3.63, 3.8) is 0 Å². The van der Waals surface area contributed by atoms with Gasteiger partial charge >= 0.3 is 0 Å². The molecule has 0 unspecified atom stereocenters. The van der Waals surface area contributed by atoms with Crippen LogP contribution in [0.4, 0.5) is 5.69 Å². The zero-order chi connectivity index (χ0) is 14.8. The zero-order valence-corrected chi connectivity index (χ0v) is 12.7. The second kappa shape index (κ2) is 5.53. The second-order valence-electron chi connectivity index (χ2n) is 6.08. The van der Waals surface area contributed by atoms with Gasteiger partial charge in [-0.05, 0) is 24.6 Å². The molecule has 0 bridgehead atoms. The van der Waals surface area contributed by atoms with Crippen molar-refractivity contribution in [1.29, 1.82) is 0 Å². The quantitative estimate of drug-likeness (QED) is 0.881. The number of hydrogen-bond acceptors (Lipinski definition) is 3. The third-order valence-corrected chi connectivity index (χ3v) is 3.09. The molecule has 0 atom stereocenters. The highest BCUT2D eigenvalue weighted by Gasteiger charge is 2.18. The molecule has 0 aliphatic heterocycles. The molecule has 20 heavy (non-hydrogen) atoms. The smallest absolute Gasteiger partial charge is 0.213 e. The van der Waals surface area contributed by atoms with Gasteiger partial charge in [-0.1, -0.05) is 45.1 Å². The van der Waals surface area contributed by atoms with Crippen molar-refractivity contribution in [2.45, 2.75) is 39.7 Å². The highest BCUT2D eigenvalue weighted by molar-refractivity contribution is 5.65. The summed E-state index contributed by atoms with van der Waals surface area (Å²) in [5, 5.41) is 3.32. The first kappa shape index (κ1) is 14.4. The van der Waals surface area contributed by atoms with Crippen LogP contribution in [0.1, 0.15) is 44.9 Å². The molecular formula is C17H22N2O. The second-order valence-corrected chi connectivity index (χ2v) is 6.08. The van der Waals surface area contributed by atoms with Crippen LogP contribution in [-0.4, -0.2) is 4.98 Å². The van der Waals surface area contributed by atoms with Crippen LogP contribution >= 0.6 is 0 Å². The molecule has 3 nitrogen and oxygen atoms in total. The summed E-state index contributed by atoms with van der Waals surface area (Å²) >= 11 is 0. The van der Waals surface area contributed by atoms with Gasteiger partial charge in [0.2, 0.25) is 5.89 Å². The summed E-state index contributed by atoms with van der Waals surface area (Å²) in [6.45, 7) is 12.9. The minimum Gasteiger partial charge on any atom is -0.443 e. The molecule has 0 aliphatic rings. The van der Waals surface area contributed by atoms with Crippen molar-refractivity contribution < 1.29 is 4.42 Å². The van der Waals surface area contributed by atoms with Crippen LogP contribution < -0.4 is 5.32 Å². The van der Waals surface area contributed by atoms with Crippen LogP contribution in [0.15, 0.2) is 41.5 Å². The molecule has 1 heterocycles. The van der Waals surface area contributed by atoms with Gasteiger partial charge in [0.25, 0.3) is 0 Å². The van der Waals surface area contributed by atoms with E-state index in [2.05, 4.69) is 49.8 Å². The number of hydrogen-bond donors (Lipinski definition) is 1. The first-order valence-electron chi connectivity index (χ1n) is 6.81. The lowest BCUT2D eigenvalue weighted by molar-refractivity contribution is 0.385. The predicted octanol–water partition coefficient (Wildman–Crippen LogP) is 4.62. The maximum absolute atomic E-state index is 5.76. The van der Waals surface area contributed by atoms with Gasteiger partial charge in [0.05, 0.1) is 12.7 Å². The average Bonchev–Trinajstić information content (AvgIpc) is 2.85. The Hall–Kier alpha value is -2.03. The molecule has 0 aliphatic carbocycles. The number of nitrogens with zero attached hydrogens (tertiary/aromatic N) is 1. The Morgan fingerprint density at radius 3 is 2.70 bits per heavy atom. The molecule has 2 aromatic rings. The van der Waals surface area contributed by atoms with Crippen molar-refractivity contribution in [2.24, 2.45) is 0 Å². The number of benzene rings is 1. The number of aromatic nitrogens is 1. The van der Waals surface area contributed by atoms with E-state index in [1.165, 1.54) is 0 Å². The van der Waals surface area contributed by atoms with E-state index in [0.717, 1.165) is 22.6 Å². The van der Waals surface area contributed by atoms with Crippen LogP contribution in [0, 0.1) is 0 Å². The number of oxazole rings is 1. The van der Waals surface area contributed by atoms with E-state index in [0.29, 0.717) is 12.4 Å². The van der Waals surface area contributed by atoms with Crippen molar-refractivity contribution in [3.8, 4) is 0 Å². The van der Waals surface area contributed by atoms with Gasteiger partial charge in [0.1, 0.15) is 5.76 Å². The van der Waals surface area contributed by atoms with Crippen LogP contribution in [0.3, 0.4) is 0 Å². The van der Waals surface area contributed by atoms with Crippen LogP contribution in [0.2, 0.25) is 0 Å². The Balaban J connectivity index is 2.04. The third kappa shape index (κ3) is 3.50. The topological polar surface area (TPSA) is 38.1 Å². The van der Waals surface area contributed by atoms with Gasteiger partial charge in [0.15, 0.2) is 0 Å². The fourth-order valence-electron chi connectivity index (χ4n) is 1.81. The van der Waals surface area contributed by atoms with E-state index in [9.17, 15) is 0 Å². The van der Waals surface area contributed by atoms with E-state index in [1.807, 2.05) is 19.1 Å². The zero-order valence-electron chi connectivity index (χ0n) is 12.7. The summed E-state index contributed by atoms with van der Waals surface area (Å²) in [5.41, 5.74) is 3.23. The van der Waals surface area contributed by atoms with Gasteiger partial charge in [-0.2, -0.15) is 0 Å². The highest BCUT2D eigenvalue weighted by atomic mass is 16.4. The summed E-state index contributed by atoms with van der Waals surface area (Å²) in [5.74, 6) is 1.61. The molecule has 0 spiro atoms. The standard InChI is InChI=1S/C17H22N2O/c1-12(2)13-7-6-8-14(9-13)18-11-16-19-10-15(20-16)17(3,4)5/h6-10,18H,1,11H2,2-5H3. The molecule has 0 saturated carbocycles. The van der Waals surface area contributed by atoms with Gasteiger partial charge in [-0.25, -0.2) is 4.98 Å². The minimum atomic E-state index is -0.00881. The molecular weight excluding hydrogens is 248 g/mol. The van der Waals surface area contributed by atoms with E-state index < -0.39 is 0 Å². The first-order chi connectivity index (χ1) is 9.36. The molecule has 106 valence electrons. The number of rotatable bonds is 4. The average molecular weight is 270 g/mol. The maximum atomic E-state index is 5.76. The minimum absolute atomic E-state index is 0.00881. The molecule has 0 radical (unpaired) electrons. The lowest BCUT2D eigenvalue weighted by Gasteiger charge is -2.13. The van der Waals surface area contributed by atoms with Crippen molar-refractivity contribution in [3.05, 3.63) is 54.3 Å². The number of nitrogens with one attached hydrogen (secondary N) is 1. The van der Waals surface area contributed by atoms with Gasteiger partial charge in [-0.15, -0.1) is 0 Å². The van der Waals surface area contributed by atoms with E-state index >= 15 is 0 Å². The Morgan fingerprint density at radius 1 is 1.35 bits per heavy atom. The van der Waals surface area contributed by atoms with Gasteiger partial charge in [-0.3, -0.25) is 0 Å². The van der Waals surface area contributed by atoms with E-state index in [1.54, 1.807) is 6.20 Å². The molecule has 1 aromatic heterocycles. The van der Waals surface area contributed by atoms with Crippen LogP contribution in [-0.2, 0) is 12.0 Å². The number of allylic oxidation sites excluding steroid dienone is 1. The molecule has 0 amide bonds. The lowest BCUT2D eigenvalue weighted by Crippen LogP contribution is -2.09. The fraction of sp³-hybridized carbons (Fsp3) is 0.353. The summed E-state index contributed by atoms with van der Waals surface area (Å²) < 4.78 is 5.76. The van der Waals surface area contributed by atoms with Crippen LogP contribution in [0.5, 0.6) is 0 Å². The van der Waals surface area contributed by atoms with Gasteiger partial charge in [0, 0.05) is 11.1 Å². The SMILES string of the molecule is C=C(C)c1cccc(NCc2ncc(C(C)(C)C)o2)c1. The Labute approximate surface area is 120 Å². The monoisotopic (exact) mass is 270 g/mol. The first-order valence-corrected chi connectivity index (χ1v) is 6.81. The Bertz CT molecular complexity index is 605. The fourth-order valence-corrected chi connectivity index (χ4v) is 1.81. The largest absolute Gasteiger partial charge is 0.443 e. The van der Waals surface area contributed by atoms with Crippen LogP contribution in [0.25, 0.3) is 5.57 Å². The molecule has 2 rings (SSSR count). The maximum Gasteiger partial charge on any atom is 0.213 e. The molecule has 1 aromatic carbocycles. The highest BCUT2D eigenvalue weighted by Crippen LogP contribution is 2.23. The summed E-state index contributed by atoms with van der Waals surface area (Å²) in [6, 6.07) is 8.18.